The molecule has 4 heteroatoms. The Kier molecular flexibility index (Phi) is 5.44. The zero-order valence-corrected chi connectivity index (χ0v) is 12.6. The fourth-order valence-corrected chi connectivity index (χ4v) is 3.26. The van der Waals surface area contributed by atoms with Crippen LogP contribution >= 0.6 is 12.4 Å². The Morgan fingerprint density at radius 3 is 2.75 bits per heavy atom. The quantitative estimate of drug-likeness (QED) is 0.927. The number of hydrogen-bond donors (Lipinski definition) is 1. The fourth-order valence-electron chi connectivity index (χ4n) is 3.26. The molecule has 0 aliphatic carbocycles. The molecule has 1 amide bonds. The number of nitrogens with zero attached hydrogens (tertiary/aromatic N) is 1. The zero-order chi connectivity index (χ0) is 13.1. The summed E-state index contributed by atoms with van der Waals surface area (Å²) >= 11 is 0. The maximum atomic E-state index is 12.3. The monoisotopic (exact) mass is 294 g/mol. The third kappa shape index (κ3) is 3.53. The van der Waals surface area contributed by atoms with Crippen LogP contribution in [-0.2, 0) is 11.2 Å². The molecule has 2 atom stereocenters. The molecule has 0 bridgehead atoms. The Balaban J connectivity index is 0.00000147. The largest absolute Gasteiger partial charge is 0.341 e. The smallest absolute Gasteiger partial charge is 0.239 e. The minimum Gasteiger partial charge on any atom is -0.341 e. The minimum atomic E-state index is 0. The number of amides is 1. The summed E-state index contributed by atoms with van der Waals surface area (Å²) in [5.74, 6) is 0.959. The molecule has 2 saturated heterocycles. The Hall–Kier alpha value is -1.06. The van der Waals surface area contributed by atoms with Crippen molar-refractivity contribution in [2.45, 2.75) is 31.7 Å². The topological polar surface area (TPSA) is 32.3 Å². The number of likely N-dealkylation sites (tertiary alicyclic amines) is 1. The first-order chi connectivity index (χ1) is 9.33. The highest BCUT2D eigenvalue weighted by atomic mass is 35.5. The van der Waals surface area contributed by atoms with Crippen molar-refractivity contribution in [3.05, 3.63) is 35.9 Å². The van der Waals surface area contributed by atoms with Crippen molar-refractivity contribution in [3.8, 4) is 0 Å². The van der Waals surface area contributed by atoms with Crippen LogP contribution in [0.3, 0.4) is 0 Å². The number of rotatable bonds is 3. The average molecular weight is 295 g/mol. The summed E-state index contributed by atoms with van der Waals surface area (Å²) in [6.07, 6.45) is 4.40. The Morgan fingerprint density at radius 2 is 2.05 bits per heavy atom. The van der Waals surface area contributed by atoms with E-state index in [0.717, 1.165) is 45.3 Å². The molecule has 20 heavy (non-hydrogen) atoms. The molecule has 0 aromatic heterocycles. The van der Waals surface area contributed by atoms with E-state index in [0.29, 0.717) is 11.8 Å². The summed E-state index contributed by atoms with van der Waals surface area (Å²) in [6.45, 7) is 2.87. The van der Waals surface area contributed by atoms with Gasteiger partial charge in [-0.1, -0.05) is 30.3 Å². The zero-order valence-electron chi connectivity index (χ0n) is 11.8. The predicted molar refractivity (Wildman–Crippen MR) is 83.1 cm³/mol. The average Bonchev–Trinajstić information content (AvgIpc) is 3.10. The highest BCUT2D eigenvalue weighted by molar-refractivity contribution is 5.85. The molecule has 110 valence electrons. The van der Waals surface area contributed by atoms with Crippen molar-refractivity contribution in [1.29, 1.82) is 0 Å². The van der Waals surface area contributed by atoms with Gasteiger partial charge in [0.25, 0.3) is 0 Å². The van der Waals surface area contributed by atoms with Crippen LogP contribution in [0, 0.1) is 5.92 Å². The standard InChI is InChI=1S/C16H22N2O.ClH/c19-16(15-7-4-9-17-15)18-10-8-14(12-18)11-13-5-2-1-3-6-13;/h1-3,5-6,14-15,17H,4,7-12H2;1H. The molecule has 2 fully saturated rings. The van der Waals surface area contributed by atoms with Crippen molar-refractivity contribution >= 4 is 18.3 Å². The van der Waals surface area contributed by atoms with Gasteiger partial charge in [-0.25, -0.2) is 0 Å². The molecule has 3 nitrogen and oxygen atoms in total. The van der Waals surface area contributed by atoms with Gasteiger partial charge >= 0.3 is 0 Å². The van der Waals surface area contributed by atoms with Gasteiger partial charge in [-0.05, 0) is 43.7 Å². The van der Waals surface area contributed by atoms with E-state index >= 15 is 0 Å². The molecule has 1 aromatic carbocycles. The van der Waals surface area contributed by atoms with Crippen LogP contribution in [0.2, 0.25) is 0 Å². The van der Waals surface area contributed by atoms with E-state index in [-0.39, 0.29) is 18.4 Å². The number of carbonyl (C=O) groups is 1. The van der Waals surface area contributed by atoms with E-state index in [1.807, 2.05) is 0 Å². The molecule has 3 rings (SSSR count). The van der Waals surface area contributed by atoms with Crippen LogP contribution in [0.5, 0.6) is 0 Å². The number of halogens is 1. The van der Waals surface area contributed by atoms with Crippen molar-refractivity contribution in [1.82, 2.24) is 10.2 Å². The molecule has 2 aliphatic rings. The lowest BCUT2D eigenvalue weighted by Crippen LogP contribution is -2.42. The second-order valence-corrected chi connectivity index (χ2v) is 5.78. The third-order valence-corrected chi connectivity index (χ3v) is 4.32. The molecular weight excluding hydrogens is 272 g/mol. The van der Waals surface area contributed by atoms with Gasteiger partial charge in [-0.3, -0.25) is 4.79 Å². The Bertz CT molecular complexity index is 431. The first-order valence-electron chi connectivity index (χ1n) is 7.39. The van der Waals surface area contributed by atoms with Crippen LogP contribution < -0.4 is 5.32 Å². The predicted octanol–water partition coefficient (Wildman–Crippen LogP) is 2.25. The van der Waals surface area contributed by atoms with Gasteiger partial charge in [0.05, 0.1) is 6.04 Å². The SMILES string of the molecule is Cl.O=C(C1CCCN1)N1CCC(Cc2ccccc2)C1. The molecule has 0 saturated carbocycles. The van der Waals surface area contributed by atoms with Crippen LogP contribution in [0.4, 0.5) is 0 Å². The van der Waals surface area contributed by atoms with Gasteiger partial charge in [0.2, 0.25) is 5.91 Å². The van der Waals surface area contributed by atoms with Crippen LogP contribution in [0.1, 0.15) is 24.8 Å². The summed E-state index contributed by atoms with van der Waals surface area (Å²) in [4.78, 5) is 14.4. The molecule has 1 N–H and O–H groups in total. The van der Waals surface area contributed by atoms with E-state index in [1.54, 1.807) is 0 Å². The Morgan fingerprint density at radius 1 is 1.25 bits per heavy atom. The molecule has 1 aromatic rings. The molecule has 2 heterocycles. The maximum Gasteiger partial charge on any atom is 0.239 e. The number of benzene rings is 1. The minimum absolute atomic E-state index is 0. The summed E-state index contributed by atoms with van der Waals surface area (Å²) in [6, 6.07) is 10.7. The molecule has 2 aliphatic heterocycles. The van der Waals surface area contributed by atoms with Crippen molar-refractivity contribution in [2.24, 2.45) is 5.92 Å². The van der Waals surface area contributed by atoms with Gasteiger partial charge in [-0.2, -0.15) is 0 Å². The molecule has 0 radical (unpaired) electrons. The van der Waals surface area contributed by atoms with E-state index < -0.39 is 0 Å². The number of hydrogen-bond acceptors (Lipinski definition) is 2. The maximum absolute atomic E-state index is 12.3. The van der Waals surface area contributed by atoms with Gasteiger partial charge in [0, 0.05) is 13.1 Å². The lowest BCUT2D eigenvalue weighted by atomic mass is 9.99. The summed E-state index contributed by atoms with van der Waals surface area (Å²) < 4.78 is 0. The highest BCUT2D eigenvalue weighted by Crippen LogP contribution is 2.22. The summed E-state index contributed by atoms with van der Waals surface area (Å²) in [7, 11) is 0. The van der Waals surface area contributed by atoms with Crippen molar-refractivity contribution < 1.29 is 4.79 Å². The summed E-state index contributed by atoms with van der Waals surface area (Å²) in [5.41, 5.74) is 1.39. The molecule has 2 unspecified atom stereocenters. The van der Waals surface area contributed by atoms with Crippen molar-refractivity contribution in [3.63, 3.8) is 0 Å². The van der Waals surface area contributed by atoms with Crippen LogP contribution in [0.15, 0.2) is 30.3 Å². The fraction of sp³-hybridized carbons (Fsp3) is 0.562. The third-order valence-electron chi connectivity index (χ3n) is 4.32. The van der Waals surface area contributed by atoms with Crippen LogP contribution in [0.25, 0.3) is 0 Å². The molecule has 0 spiro atoms. The highest BCUT2D eigenvalue weighted by Gasteiger charge is 2.31. The normalized spacial score (nSPS) is 25.5. The second kappa shape index (κ2) is 7.09. The summed E-state index contributed by atoms with van der Waals surface area (Å²) in [5, 5.41) is 3.31. The van der Waals surface area contributed by atoms with E-state index in [1.165, 1.54) is 5.56 Å². The lowest BCUT2D eigenvalue weighted by molar-refractivity contribution is -0.132. The Labute approximate surface area is 127 Å². The second-order valence-electron chi connectivity index (χ2n) is 5.78. The van der Waals surface area contributed by atoms with Crippen LogP contribution in [-0.4, -0.2) is 36.5 Å². The lowest BCUT2D eigenvalue weighted by Gasteiger charge is -2.20. The van der Waals surface area contributed by atoms with Gasteiger partial charge in [-0.15, -0.1) is 12.4 Å². The van der Waals surface area contributed by atoms with E-state index in [9.17, 15) is 4.79 Å². The number of carbonyl (C=O) groups excluding carboxylic acids is 1. The molecular formula is C16H23ClN2O. The first kappa shape index (κ1) is 15.3. The first-order valence-corrected chi connectivity index (χ1v) is 7.39. The van der Waals surface area contributed by atoms with Gasteiger partial charge < -0.3 is 10.2 Å². The van der Waals surface area contributed by atoms with E-state index in [4.69, 9.17) is 0 Å². The van der Waals surface area contributed by atoms with Crippen molar-refractivity contribution in [2.75, 3.05) is 19.6 Å². The van der Waals surface area contributed by atoms with Gasteiger partial charge in [0.15, 0.2) is 0 Å². The van der Waals surface area contributed by atoms with E-state index in [2.05, 4.69) is 40.5 Å². The number of nitrogens with one attached hydrogen (secondary N) is 1. The van der Waals surface area contributed by atoms with Gasteiger partial charge in [0.1, 0.15) is 0 Å².